The summed E-state index contributed by atoms with van der Waals surface area (Å²) in [5.74, 6) is 0. The van der Waals surface area contributed by atoms with E-state index >= 15 is 0 Å². The van der Waals surface area contributed by atoms with E-state index in [1.165, 1.54) is 0 Å². The van der Waals surface area contributed by atoms with Gasteiger partial charge in [-0.05, 0) is 13.8 Å². The lowest BCUT2D eigenvalue weighted by Gasteiger charge is -2.40. The Balaban J connectivity index is 1.61. The molecule has 0 amide bonds. The molecule has 0 saturated carbocycles. The van der Waals surface area contributed by atoms with E-state index in [0.29, 0.717) is 12.2 Å². The molecule has 0 aromatic carbocycles. The number of ether oxygens (including phenoxy) is 3. The average Bonchev–Trinajstić information content (AvgIpc) is 1.81. The quantitative estimate of drug-likeness (QED) is 0.605. The number of rotatable bonds is 2. The van der Waals surface area contributed by atoms with Gasteiger partial charge in [0.1, 0.15) is 0 Å². The van der Waals surface area contributed by atoms with Crippen LogP contribution < -0.4 is 0 Å². The van der Waals surface area contributed by atoms with Gasteiger partial charge in [-0.25, -0.2) is 0 Å². The summed E-state index contributed by atoms with van der Waals surface area (Å²) in [6, 6.07) is 0. The molecule has 64 valence electrons. The maximum Gasteiger partial charge on any atom is 0.163 e. The van der Waals surface area contributed by atoms with Crippen LogP contribution >= 0.6 is 0 Å². The Kier molecular flexibility index (Phi) is 1.87. The summed E-state index contributed by atoms with van der Waals surface area (Å²) in [6.07, 6.45) is 2.77. The van der Waals surface area contributed by atoms with Crippen LogP contribution in [0.2, 0.25) is 0 Å². The van der Waals surface area contributed by atoms with Gasteiger partial charge in [0.15, 0.2) is 12.6 Å². The molecule has 0 aliphatic carbocycles. The molecule has 4 unspecified atom stereocenters. The Morgan fingerprint density at radius 3 is 1.64 bits per heavy atom. The Labute approximate surface area is 66.6 Å². The molecule has 2 aliphatic heterocycles. The molecular formula is C8H14O3. The molecular weight excluding hydrogens is 144 g/mol. The van der Waals surface area contributed by atoms with E-state index in [0.717, 1.165) is 12.8 Å². The van der Waals surface area contributed by atoms with Gasteiger partial charge in [-0.2, -0.15) is 0 Å². The van der Waals surface area contributed by atoms with E-state index in [1.807, 2.05) is 13.8 Å². The van der Waals surface area contributed by atoms with Crippen LogP contribution in [0, 0.1) is 0 Å². The highest BCUT2D eigenvalue weighted by Crippen LogP contribution is 2.28. The normalized spacial score (nSPS) is 49.6. The fourth-order valence-electron chi connectivity index (χ4n) is 1.38. The van der Waals surface area contributed by atoms with Gasteiger partial charge < -0.3 is 14.2 Å². The highest BCUT2D eigenvalue weighted by atomic mass is 16.8. The molecule has 2 saturated heterocycles. The van der Waals surface area contributed by atoms with Crippen molar-refractivity contribution < 1.29 is 14.2 Å². The zero-order valence-corrected chi connectivity index (χ0v) is 6.95. The molecule has 3 nitrogen and oxygen atoms in total. The Morgan fingerprint density at radius 2 is 1.36 bits per heavy atom. The van der Waals surface area contributed by atoms with E-state index < -0.39 is 0 Å². The largest absolute Gasteiger partial charge is 0.349 e. The highest BCUT2D eigenvalue weighted by Gasteiger charge is 2.34. The lowest BCUT2D eigenvalue weighted by Crippen LogP contribution is -2.45. The molecule has 3 heteroatoms. The van der Waals surface area contributed by atoms with E-state index in [-0.39, 0.29) is 12.6 Å². The molecule has 0 radical (unpaired) electrons. The molecule has 0 aromatic heterocycles. The minimum atomic E-state index is 0.00231. The molecule has 4 atom stereocenters. The second kappa shape index (κ2) is 2.73. The third kappa shape index (κ3) is 1.55. The van der Waals surface area contributed by atoms with Crippen LogP contribution in [0.4, 0.5) is 0 Å². The average molecular weight is 158 g/mol. The van der Waals surface area contributed by atoms with E-state index in [9.17, 15) is 0 Å². The van der Waals surface area contributed by atoms with E-state index in [4.69, 9.17) is 14.2 Å². The van der Waals surface area contributed by atoms with Crippen molar-refractivity contribution in [3.8, 4) is 0 Å². The molecule has 0 spiro atoms. The van der Waals surface area contributed by atoms with Crippen molar-refractivity contribution in [2.45, 2.75) is 51.5 Å². The predicted octanol–water partition coefficient (Wildman–Crippen LogP) is 1.27. The van der Waals surface area contributed by atoms with Gasteiger partial charge in [-0.3, -0.25) is 0 Å². The molecule has 0 N–H and O–H groups in total. The maximum atomic E-state index is 5.42. The smallest absolute Gasteiger partial charge is 0.163 e. The van der Waals surface area contributed by atoms with Crippen LogP contribution in [0.25, 0.3) is 0 Å². The van der Waals surface area contributed by atoms with E-state index in [1.54, 1.807) is 0 Å². The molecule has 11 heavy (non-hydrogen) atoms. The maximum absolute atomic E-state index is 5.42. The number of hydrogen-bond donors (Lipinski definition) is 0. The fraction of sp³-hybridized carbons (Fsp3) is 1.00. The first kappa shape index (κ1) is 7.53. The highest BCUT2D eigenvalue weighted by molar-refractivity contribution is 4.71. The van der Waals surface area contributed by atoms with Crippen LogP contribution in [0.15, 0.2) is 0 Å². The zero-order chi connectivity index (χ0) is 7.84. The first-order chi connectivity index (χ1) is 5.24. The first-order valence-electron chi connectivity index (χ1n) is 4.20. The summed E-state index contributed by atoms with van der Waals surface area (Å²) in [5.41, 5.74) is 0. The molecule has 2 rings (SSSR count). The van der Waals surface area contributed by atoms with Crippen LogP contribution in [0.3, 0.4) is 0 Å². The van der Waals surface area contributed by atoms with Crippen LogP contribution in [-0.2, 0) is 14.2 Å². The van der Waals surface area contributed by atoms with Crippen molar-refractivity contribution in [2.24, 2.45) is 0 Å². The monoisotopic (exact) mass is 158 g/mol. The Morgan fingerprint density at radius 1 is 1.00 bits per heavy atom. The van der Waals surface area contributed by atoms with Gasteiger partial charge in [0.2, 0.25) is 0 Å². The van der Waals surface area contributed by atoms with Gasteiger partial charge in [0.25, 0.3) is 0 Å². The summed E-state index contributed by atoms with van der Waals surface area (Å²) in [4.78, 5) is 0. The summed E-state index contributed by atoms with van der Waals surface area (Å²) in [5, 5.41) is 0. The first-order valence-corrected chi connectivity index (χ1v) is 4.20. The van der Waals surface area contributed by atoms with Crippen LogP contribution in [0.1, 0.15) is 26.7 Å². The van der Waals surface area contributed by atoms with Gasteiger partial charge in [0.05, 0.1) is 12.2 Å². The fourth-order valence-corrected chi connectivity index (χ4v) is 1.38. The van der Waals surface area contributed by atoms with Crippen LogP contribution in [0.5, 0.6) is 0 Å². The standard InChI is InChI=1S/C8H14O3/c1-5-3-7(9-5)11-8-4-6(2)10-8/h5-8H,3-4H2,1-2H3. The second-order valence-corrected chi connectivity index (χ2v) is 3.36. The summed E-state index contributed by atoms with van der Waals surface area (Å²) in [6.45, 7) is 4.09. The van der Waals surface area contributed by atoms with Gasteiger partial charge in [0, 0.05) is 12.8 Å². The Bertz CT molecular complexity index is 120. The lowest BCUT2D eigenvalue weighted by molar-refractivity contribution is -0.351. The van der Waals surface area contributed by atoms with E-state index in [2.05, 4.69) is 0 Å². The third-order valence-corrected chi connectivity index (χ3v) is 2.12. The lowest BCUT2D eigenvalue weighted by atomic mass is 10.1. The zero-order valence-electron chi connectivity index (χ0n) is 6.95. The topological polar surface area (TPSA) is 27.7 Å². The minimum absolute atomic E-state index is 0.00231. The van der Waals surface area contributed by atoms with Crippen molar-refractivity contribution in [2.75, 3.05) is 0 Å². The minimum Gasteiger partial charge on any atom is -0.349 e. The van der Waals surface area contributed by atoms with Gasteiger partial charge >= 0.3 is 0 Å². The molecule has 2 aliphatic rings. The van der Waals surface area contributed by atoms with Crippen molar-refractivity contribution in [1.82, 2.24) is 0 Å². The summed E-state index contributed by atoms with van der Waals surface area (Å²) < 4.78 is 16.0. The van der Waals surface area contributed by atoms with Gasteiger partial charge in [-0.1, -0.05) is 0 Å². The van der Waals surface area contributed by atoms with Crippen LogP contribution in [-0.4, -0.2) is 24.8 Å². The van der Waals surface area contributed by atoms with Crippen molar-refractivity contribution in [1.29, 1.82) is 0 Å². The second-order valence-electron chi connectivity index (χ2n) is 3.36. The molecule has 2 heterocycles. The Hall–Kier alpha value is -0.120. The summed E-state index contributed by atoms with van der Waals surface area (Å²) >= 11 is 0. The van der Waals surface area contributed by atoms with Crippen molar-refractivity contribution in [3.05, 3.63) is 0 Å². The third-order valence-electron chi connectivity index (χ3n) is 2.12. The van der Waals surface area contributed by atoms with Crippen molar-refractivity contribution in [3.63, 3.8) is 0 Å². The van der Waals surface area contributed by atoms with Gasteiger partial charge in [-0.15, -0.1) is 0 Å². The molecule has 0 aromatic rings. The van der Waals surface area contributed by atoms with Crippen molar-refractivity contribution >= 4 is 0 Å². The molecule has 0 bridgehead atoms. The summed E-state index contributed by atoms with van der Waals surface area (Å²) in [7, 11) is 0. The SMILES string of the molecule is CC1CC(OC2CC(C)O2)O1. The molecule has 2 fully saturated rings. The number of hydrogen-bond acceptors (Lipinski definition) is 3. The predicted molar refractivity (Wildman–Crippen MR) is 39.0 cm³/mol.